The van der Waals surface area contributed by atoms with Gasteiger partial charge in [0, 0.05) is 6.07 Å². The van der Waals surface area contributed by atoms with E-state index in [4.69, 9.17) is 13.9 Å². The molecule has 3 aromatic rings. The highest BCUT2D eigenvalue weighted by Crippen LogP contribution is 2.38. The minimum absolute atomic E-state index is 0.0390. The first-order chi connectivity index (χ1) is 13.9. The molecule has 0 radical (unpaired) electrons. The van der Waals surface area contributed by atoms with Crippen LogP contribution in [0, 0.1) is 0 Å². The topological polar surface area (TPSA) is 48.7 Å². The highest BCUT2D eigenvalue weighted by atomic mass is 16.5. The summed E-state index contributed by atoms with van der Waals surface area (Å²) in [4.78, 5) is 13.2. The van der Waals surface area contributed by atoms with E-state index in [1.807, 2.05) is 19.9 Å². The normalized spacial score (nSPS) is 11.4. The molecule has 1 aromatic heterocycles. The fraction of sp³-hybridized carbons (Fsp3) is 0.400. The molecule has 0 N–H and O–H groups in total. The minimum Gasteiger partial charge on any atom is -0.494 e. The predicted molar refractivity (Wildman–Crippen MR) is 118 cm³/mol. The van der Waals surface area contributed by atoms with Crippen LogP contribution in [0.3, 0.4) is 0 Å². The maximum atomic E-state index is 13.2. The van der Waals surface area contributed by atoms with Gasteiger partial charge in [0.2, 0.25) is 0 Å². The molecule has 0 aliphatic heterocycles. The third kappa shape index (κ3) is 4.16. The van der Waals surface area contributed by atoms with Crippen molar-refractivity contribution < 1.29 is 13.9 Å². The van der Waals surface area contributed by atoms with Gasteiger partial charge in [-0.3, -0.25) is 4.79 Å². The summed E-state index contributed by atoms with van der Waals surface area (Å²) in [6.07, 6.45) is 1.56. The lowest BCUT2D eigenvalue weighted by atomic mass is 9.89. The van der Waals surface area contributed by atoms with E-state index in [2.05, 4.69) is 39.8 Å². The van der Waals surface area contributed by atoms with Crippen LogP contribution in [0.5, 0.6) is 11.5 Å². The summed E-state index contributed by atoms with van der Waals surface area (Å²) in [6.45, 7) is 13.7. The lowest BCUT2D eigenvalue weighted by Crippen LogP contribution is -2.08. The monoisotopic (exact) mass is 394 g/mol. The first kappa shape index (κ1) is 21.0. The molecule has 0 aliphatic carbocycles. The first-order valence-corrected chi connectivity index (χ1v) is 10.4. The van der Waals surface area contributed by atoms with Gasteiger partial charge in [0.25, 0.3) is 0 Å². The van der Waals surface area contributed by atoms with Gasteiger partial charge in [-0.15, -0.1) is 0 Å². The molecule has 0 amide bonds. The zero-order chi connectivity index (χ0) is 21.1. The lowest BCUT2D eigenvalue weighted by molar-refractivity contribution is 0.330. The van der Waals surface area contributed by atoms with Crippen LogP contribution >= 0.6 is 0 Å². The molecule has 4 nitrogen and oxygen atoms in total. The zero-order valence-electron chi connectivity index (χ0n) is 18.2. The first-order valence-electron chi connectivity index (χ1n) is 10.4. The van der Waals surface area contributed by atoms with Crippen LogP contribution in [0.4, 0.5) is 0 Å². The van der Waals surface area contributed by atoms with Gasteiger partial charge in [-0.05, 0) is 66.6 Å². The fourth-order valence-corrected chi connectivity index (χ4v) is 3.56. The van der Waals surface area contributed by atoms with Crippen LogP contribution in [0.1, 0.15) is 64.5 Å². The number of ether oxygens (including phenoxy) is 2. The second kappa shape index (κ2) is 8.73. The van der Waals surface area contributed by atoms with E-state index >= 15 is 0 Å². The van der Waals surface area contributed by atoms with E-state index in [0.717, 1.165) is 22.4 Å². The highest BCUT2D eigenvalue weighted by molar-refractivity contribution is 5.83. The number of benzene rings is 2. The van der Waals surface area contributed by atoms with Crippen LogP contribution in [0.2, 0.25) is 0 Å². The van der Waals surface area contributed by atoms with Gasteiger partial charge in [0.1, 0.15) is 23.3 Å². The summed E-state index contributed by atoms with van der Waals surface area (Å²) >= 11 is 0. The Morgan fingerprint density at radius 2 is 1.52 bits per heavy atom. The van der Waals surface area contributed by atoms with E-state index in [9.17, 15) is 4.79 Å². The van der Waals surface area contributed by atoms with Gasteiger partial charge in [0.05, 0.1) is 24.2 Å². The SMILES string of the molecule is CCOc1ccc2c(=O)c(-c3cc(C(C)C)c(OCC)c(C(C)C)c3)coc2c1. The average Bonchev–Trinajstić information content (AvgIpc) is 2.68. The Bertz CT molecular complexity index is 1030. The maximum Gasteiger partial charge on any atom is 0.200 e. The molecular weight excluding hydrogens is 364 g/mol. The van der Waals surface area contributed by atoms with Crippen LogP contribution in [-0.2, 0) is 0 Å². The van der Waals surface area contributed by atoms with Crippen molar-refractivity contribution in [2.24, 2.45) is 0 Å². The minimum atomic E-state index is -0.0390. The molecular formula is C25H30O4. The van der Waals surface area contributed by atoms with E-state index in [0.29, 0.717) is 35.5 Å². The lowest BCUT2D eigenvalue weighted by Gasteiger charge is -2.21. The Morgan fingerprint density at radius 1 is 0.897 bits per heavy atom. The summed E-state index contributed by atoms with van der Waals surface area (Å²) in [7, 11) is 0. The highest BCUT2D eigenvalue weighted by Gasteiger charge is 2.19. The largest absolute Gasteiger partial charge is 0.494 e. The van der Waals surface area contributed by atoms with Crippen LogP contribution in [0.15, 0.2) is 45.8 Å². The average molecular weight is 395 g/mol. The van der Waals surface area contributed by atoms with Crippen molar-refractivity contribution in [3.8, 4) is 22.6 Å². The molecule has 0 saturated carbocycles. The molecule has 4 heteroatoms. The molecule has 0 unspecified atom stereocenters. The molecule has 0 aliphatic rings. The van der Waals surface area contributed by atoms with Crippen LogP contribution in [-0.4, -0.2) is 13.2 Å². The van der Waals surface area contributed by atoms with Crippen molar-refractivity contribution in [1.82, 2.24) is 0 Å². The van der Waals surface area contributed by atoms with Crippen molar-refractivity contribution in [2.75, 3.05) is 13.2 Å². The Labute approximate surface area is 172 Å². The van der Waals surface area contributed by atoms with E-state index in [-0.39, 0.29) is 17.3 Å². The summed E-state index contributed by atoms with van der Waals surface area (Å²) in [5.74, 6) is 2.18. The standard InChI is InChI=1S/C25H30O4/c1-7-27-18-9-10-19-23(13-18)29-14-22(24(19)26)17-11-20(15(3)4)25(28-8-2)21(12-17)16(5)6/h9-16H,7-8H2,1-6H3. The number of rotatable bonds is 7. The molecule has 0 fully saturated rings. The van der Waals surface area contributed by atoms with Crippen molar-refractivity contribution in [3.05, 3.63) is 57.9 Å². The third-order valence-corrected chi connectivity index (χ3v) is 5.05. The number of fused-ring (bicyclic) bond motifs is 1. The van der Waals surface area contributed by atoms with Crippen molar-refractivity contribution >= 4 is 11.0 Å². The molecule has 0 spiro atoms. The van der Waals surface area contributed by atoms with E-state index in [1.54, 1.807) is 18.4 Å². The summed E-state index contributed by atoms with van der Waals surface area (Å²) in [5.41, 5.74) is 4.14. The van der Waals surface area contributed by atoms with Gasteiger partial charge in [-0.1, -0.05) is 27.7 Å². The zero-order valence-corrected chi connectivity index (χ0v) is 18.2. The molecule has 0 saturated heterocycles. The molecule has 2 aromatic carbocycles. The maximum absolute atomic E-state index is 13.2. The number of hydrogen-bond acceptors (Lipinski definition) is 4. The van der Waals surface area contributed by atoms with Gasteiger partial charge in [-0.2, -0.15) is 0 Å². The quantitative estimate of drug-likeness (QED) is 0.459. The molecule has 0 atom stereocenters. The second-order valence-corrected chi connectivity index (χ2v) is 7.80. The Hall–Kier alpha value is -2.75. The second-order valence-electron chi connectivity index (χ2n) is 7.80. The van der Waals surface area contributed by atoms with Crippen molar-refractivity contribution in [2.45, 2.75) is 53.4 Å². The Morgan fingerprint density at radius 3 is 2.07 bits per heavy atom. The van der Waals surface area contributed by atoms with Gasteiger partial charge in [0.15, 0.2) is 5.43 Å². The van der Waals surface area contributed by atoms with Gasteiger partial charge in [-0.25, -0.2) is 0 Å². The molecule has 154 valence electrons. The molecule has 3 rings (SSSR count). The van der Waals surface area contributed by atoms with Gasteiger partial charge < -0.3 is 13.9 Å². The van der Waals surface area contributed by atoms with Crippen molar-refractivity contribution in [3.63, 3.8) is 0 Å². The summed E-state index contributed by atoms with van der Waals surface area (Å²) in [5, 5.41) is 0.553. The third-order valence-electron chi connectivity index (χ3n) is 5.05. The molecule has 1 heterocycles. The summed E-state index contributed by atoms with van der Waals surface area (Å²) in [6, 6.07) is 9.48. The van der Waals surface area contributed by atoms with Crippen molar-refractivity contribution in [1.29, 1.82) is 0 Å². The Kier molecular flexibility index (Phi) is 6.31. The number of hydrogen-bond donors (Lipinski definition) is 0. The fourth-order valence-electron chi connectivity index (χ4n) is 3.56. The molecule has 0 bridgehead atoms. The van der Waals surface area contributed by atoms with Gasteiger partial charge >= 0.3 is 0 Å². The predicted octanol–water partition coefficient (Wildman–Crippen LogP) is 6.50. The van der Waals surface area contributed by atoms with Crippen LogP contribution in [0.25, 0.3) is 22.1 Å². The van der Waals surface area contributed by atoms with E-state index < -0.39 is 0 Å². The molecule has 29 heavy (non-hydrogen) atoms. The Balaban J connectivity index is 2.22. The summed E-state index contributed by atoms with van der Waals surface area (Å²) < 4.78 is 17.3. The van der Waals surface area contributed by atoms with Crippen LogP contribution < -0.4 is 14.9 Å². The van der Waals surface area contributed by atoms with E-state index in [1.165, 1.54) is 0 Å². The smallest absolute Gasteiger partial charge is 0.200 e.